The van der Waals surface area contributed by atoms with Crippen LogP contribution in [0, 0.1) is 11.8 Å². The number of guanidine groups is 1. The first-order valence-electron chi connectivity index (χ1n) is 10.5. The van der Waals surface area contributed by atoms with Crippen molar-refractivity contribution in [1.82, 2.24) is 19.8 Å². The van der Waals surface area contributed by atoms with Crippen LogP contribution in [0.15, 0.2) is 22.5 Å². The van der Waals surface area contributed by atoms with Gasteiger partial charge in [0.25, 0.3) is 0 Å². The fraction of sp³-hybridized carbons (Fsp3) is 0.750. The number of rotatable bonds is 6. The lowest BCUT2D eigenvalue weighted by Crippen LogP contribution is -2.47. The molecule has 0 saturated carbocycles. The quantitative estimate of drug-likeness (QED) is 0.313. The van der Waals surface area contributed by atoms with Crippen LogP contribution in [0.1, 0.15) is 36.6 Å². The Kier molecular flexibility index (Phi) is 10.3. The van der Waals surface area contributed by atoms with E-state index in [-0.39, 0.29) is 24.0 Å². The number of piperidine rings is 2. The number of nitrogens with one attached hydrogen (secondary N) is 2. The van der Waals surface area contributed by atoms with Gasteiger partial charge < -0.3 is 10.6 Å². The van der Waals surface area contributed by atoms with Crippen molar-refractivity contribution in [3.8, 4) is 0 Å². The predicted octanol–water partition coefficient (Wildman–Crippen LogP) is 2.59. The Morgan fingerprint density at radius 2 is 1.90 bits per heavy atom. The van der Waals surface area contributed by atoms with E-state index in [2.05, 4.69) is 45.1 Å². The van der Waals surface area contributed by atoms with Gasteiger partial charge in [-0.25, -0.2) is 12.7 Å². The van der Waals surface area contributed by atoms with Gasteiger partial charge in [0.05, 0.1) is 6.26 Å². The zero-order valence-corrected chi connectivity index (χ0v) is 22.2. The molecule has 3 heterocycles. The van der Waals surface area contributed by atoms with Gasteiger partial charge in [-0.05, 0) is 62.6 Å². The smallest absolute Gasteiger partial charge is 0.211 e. The van der Waals surface area contributed by atoms with Crippen LogP contribution in [-0.4, -0.2) is 76.7 Å². The molecule has 3 rings (SSSR count). The van der Waals surface area contributed by atoms with E-state index in [1.165, 1.54) is 24.0 Å². The van der Waals surface area contributed by atoms with Gasteiger partial charge in [0.1, 0.15) is 0 Å². The van der Waals surface area contributed by atoms with Crippen LogP contribution < -0.4 is 10.6 Å². The number of halogens is 1. The third-order valence-electron chi connectivity index (χ3n) is 6.20. The van der Waals surface area contributed by atoms with Crippen molar-refractivity contribution in [3.05, 3.63) is 22.4 Å². The fourth-order valence-corrected chi connectivity index (χ4v) is 6.37. The summed E-state index contributed by atoms with van der Waals surface area (Å²) in [7, 11) is 0.978. The molecule has 0 amide bonds. The molecule has 30 heavy (non-hydrogen) atoms. The molecule has 0 radical (unpaired) electrons. The highest BCUT2D eigenvalue weighted by Crippen LogP contribution is 2.36. The summed E-state index contributed by atoms with van der Waals surface area (Å²) in [5.74, 6) is 1.88. The molecular weight excluding hydrogens is 533 g/mol. The number of thiophene rings is 1. The molecule has 7 nitrogen and oxygen atoms in total. The second kappa shape index (κ2) is 12.0. The van der Waals surface area contributed by atoms with Crippen LogP contribution in [0.5, 0.6) is 0 Å². The molecule has 10 heteroatoms. The van der Waals surface area contributed by atoms with Crippen LogP contribution in [0.4, 0.5) is 0 Å². The maximum Gasteiger partial charge on any atom is 0.211 e. The first kappa shape index (κ1) is 25.8. The van der Waals surface area contributed by atoms with Crippen molar-refractivity contribution < 1.29 is 8.42 Å². The monoisotopic (exact) mass is 569 g/mol. The second-order valence-corrected chi connectivity index (χ2v) is 11.2. The SMILES string of the molecule is CN=C(NCC1CCN(S(C)(=O)=O)CC1)NCC1CCCN(C)C1c1cccs1.I. The average molecular weight is 570 g/mol. The summed E-state index contributed by atoms with van der Waals surface area (Å²) in [5.41, 5.74) is 0. The highest BCUT2D eigenvalue weighted by molar-refractivity contribution is 14.0. The second-order valence-electron chi connectivity index (χ2n) is 8.28. The topological polar surface area (TPSA) is 77.0 Å². The van der Waals surface area contributed by atoms with E-state index in [0.717, 1.165) is 38.4 Å². The average Bonchev–Trinajstić information content (AvgIpc) is 3.22. The Morgan fingerprint density at radius 3 is 2.50 bits per heavy atom. The van der Waals surface area contributed by atoms with Gasteiger partial charge in [0, 0.05) is 44.1 Å². The van der Waals surface area contributed by atoms with Crippen LogP contribution >= 0.6 is 35.3 Å². The molecule has 2 aliphatic rings. The molecule has 2 aliphatic heterocycles. The fourth-order valence-electron chi connectivity index (χ4n) is 4.52. The Labute approximate surface area is 202 Å². The van der Waals surface area contributed by atoms with Crippen molar-refractivity contribution in [2.24, 2.45) is 16.8 Å². The van der Waals surface area contributed by atoms with Gasteiger partial charge in [-0.15, -0.1) is 35.3 Å². The van der Waals surface area contributed by atoms with Crippen molar-refractivity contribution >= 4 is 51.3 Å². The maximum atomic E-state index is 11.7. The lowest BCUT2D eigenvalue weighted by molar-refractivity contribution is 0.125. The summed E-state index contributed by atoms with van der Waals surface area (Å²) >= 11 is 1.85. The summed E-state index contributed by atoms with van der Waals surface area (Å²) in [6, 6.07) is 4.86. The van der Waals surface area contributed by atoms with E-state index in [1.807, 2.05) is 18.4 Å². The van der Waals surface area contributed by atoms with Crippen LogP contribution in [0.2, 0.25) is 0 Å². The summed E-state index contributed by atoms with van der Waals surface area (Å²) in [6.45, 7) is 4.12. The van der Waals surface area contributed by atoms with Gasteiger partial charge in [-0.2, -0.15) is 0 Å². The van der Waals surface area contributed by atoms with E-state index < -0.39 is 10.0 Å². The molecular formula is C20H36IN5O2S2. The lowest BCUT2D eigenvalue weighted by atomic mass is 9.88. The molecule has 1 aromatic heterocycles. The number of aliphatic imine (C=N–C) groups is 1. The molecule has 2 fully saturated rings. The number of sulfonamides is 1. The van der Waals surface area contributed by atoms with Gasteiger partial charge in [0.15, 0.2) is 5.96 Å². The summed E-state index contributed by atoms with van der Waals surface area (Å²) in [4.78, 5) is 8.32. The van der Waals surface area contributed by atoms with E-state index in [0.29, 0.717) is 31.0 Å². The van der Waals surface area contributed by atoms with E-state index in [1.54, 1.807) is 4.31 Å². The van der Waals surface area contributed by atoms with Crippen LogP contribution in [-0.2, 0) is 10.0 Å². The highest BCUT2D eigenvalue weighted by Gasteiger charge is 2.31. The summed E-state index contributed by atoms with van der Waals surface area (Å²) < 4.78 is 24.9. The molecule has 172 valence electrons. The molecule has 1 aromatic rings. The minimum atomic E-state index is -3.06. The van der Waals surface area contributed by atoms with Crippen molar-refractivity contribution in [1.29, 1.82) is 0 Å². The Balaban J connectivity index is 0.00000320. The first-order chi connectivity index (χ1) is 13.9. The molecule has 2 N–H and O–H groups in total. The largest absolute Gasteiger partial charge is 0.356 e. The van der Waals surface area contributed by atoms with Gasteiger partial charge in [-0.3, -0.25) is 9.89 Å². The van der Waals surface area contributed by atoms with E-state index in [4.69, 9.17) is 0 Å². The zero-order chi connectivity index (χ0) is 20.9. The third kappa shape index (κ3) is 7.04. The highest BCUT2D eigenvalue weighted by atomic mass is 127. The third-order valence-corrected chi connectivity index (χ3v) is 8.44. The van der Waals surface area contributed by atoms with E-state index in [9.17, 15) is 8.42 Å². The van der Waals surface area contributed by atoms with Crippen LogP contribution in [0.3, 0.4) is 0 Å². The van der Waals surface area contributed by atoms with Crippen molar-refractivity contribution in [2.75, 3.05) is 53.1 Å². The minimum Gasteiger partial charge on any atom is -0.356 e. The number of hydrogen-bond donors (Lipinski definition) is 2. The Morgan fingerprint density at radius 1 is 1.20 bits per heavy atom. The van der Waals surface area contributed by atoms with Crippen molar-refractivity contribution in [2.45, 2.75) is 31.7 Å². The maximum absolute atomic E-state index is 11.7. The van der Waals surface area contributed by atoms with E-state index >= 15 is 0 Å². The lowest BCUT2D eigenvalue weighted by Gasteiger charge is -2.39. The molecule has 2 saturated heterocycles. The molecule has 0 aromatic carbocycles. The molecule has 0 spiro atoms. The number of likely N-dealkylation sites (tertiary alicyclic amines) is 1. The van der Waals surface area contributed by atoms with Gasteiger partial charge in [-0.1, -0.05) is 6.07 Å². The summed E-state index contributed by atoms with van der Waals surface area (Å²) in [5, 5.41) is 9.15. The Bertz CT molecular complexity index is 764. The normalized spacial score (nSPS) is 25.0. The number of nitrogens with zero attached hydrogens (tertiary/aromatic N) is 3. The minimum absolute atomic E-state index is 0. The van der Waals surface area contributed by atoms with Gasteiger partial charge in [0.2, 0.25) is 10.0 Å². The standard InChI is InChI=1S/C20H35N5O2S2.HI/c1-21-20(22-14-16-8-11-25(12-9-16)29(3,26)27)23-15-17-6-4-10-24(2)19(17)18-7-5-13-28-18;/h5,7,13,16-17,19H,4,6,8-12,14-15H2,1-3H3,(H2,21,22,23);1H. The van der Waals surface area contributed by atoms with Crippen molar-refractivity contribution in [3.63, 3.8) is 0 Å². The molecule has 2 atom stereocenters. The van der Waals surface area contributed by atoms with Crippen LogP contribution in [0.25, 0.3) is 0 Å². The first-order valence-corrected chi connectivity index (χ1v) is 13.2. The number of hydrogen-bond acceptors (Lipinski definition) is 5. The van der Waals surface area contributed by atoms with Gasteiger partial charge >= 0.3 is 0 Å². The zero-order valence-electron chi connectivity index (χ0n) is 18.2. The molecule has 0 aliphatic carbocycles. The summed E-state index contributed by atoms with van der Waals surface area (Å²) in [6.07, 6.45) is 5.54. The predicted molar refractivity (Wildman–Crippen MR) is 136 cm³/mol. The molecule has 0 bridgehead atoms. The Hall–Kier alpha value is -0.430. The molecule has 2 unspecified atom stereocenters.